The zero-order chi connectivity index (χ0) is 10.7. The van der Waals surface area contributed by atoms with Gasteiger partial charge in [-0.1, -0.05) is 34.8 Å². The predicted octanol–water partition coefficient (Wildman–Crippen LogP) is 0.417. The van der Waals surface area contributed by atoms with Gasteiger partial charge in [0.1, 0.15) is 6.54 Å². The number of hydrogen-bond donors (Lipinski definition) is 1. The molecule has 4 nitrogen and oxygen atoms in total. The molecule has 0 saturated carbocycles. The summed E-state index contributed by atoms with van der Waals surface area (Å²) < 4.78 is 3.88. The van der Waals surface area contributed by atoms with E-state index in [9.17, 15) is 0 Å². The quantitative estimate of drug-likeness (QED) is 0.317. The summed E-state index contributed by atoms with van der Waals surface area (Å²) >= 11 is 16.2. The Labute approximate surface area is 149 Å². The van der Waals surface area contributed by atoms with Crippen LogP contribution in [-0.4, -0.2) is 108 Å². The Kier molecular flexibility index (Phi) is 13.8. The Morgan fingerprint density at radius 1 is 1.33 bits per heavy atom. The molecule has 0 aromatic heterocycles. The normalized spacial score (nSPS) is 13.8. The molecule has 0 aromatic rings. The van der Waals surface area contributed by atoms with E-state index in [1.807, 2.05) is 21.1 Å². The summed E-state index contributed by atoms with van der Waals surface area (Å²) in [4.78, 5) is 0. The number of alkyl halides is 3. The Balaban J connectivity index is -0.000000120. The fourth-order valence-corrected chi connectivity index (χ4v) is 0.722. The Hall–Kier alpha value is 2.28. The molecule has 1 unspecified atom stereocenters. The molecular formula is C7H19BaCl3NO3+. The molecule has 3 N–H and O–H groups in total. The van der Waals surface area contributed by atoms with Crippen molar-refractivity contribution in [1.29, 1.82) is 0 Å². The van der Waals surface area contributed by atoms with Gasteiger partial charge in [-0.3, -0.25) is 0 Å². The zero-order valence-corrected chi connectivity index (χ0v) is 15.8. The van der Waals surface area contributed by atoms with Crippen molar-refractivity contribution in [2.75, 3.05) is 34.3 Å². The van der Waals surface area contributed by atoms with Crippen molar-refractivity contribution in [2.24, 2.45) is 0 Å². The number of aliphatic hydroxyl groups is 1. The Morgan fingerprint density at radius 2 is 1.73 bits per heavy atom. The summed E-state index contributed by atoms with van der Waals surface area (Å²) in [5.41, 5.74) is 0. The number of ether oxygens (including phenoxy) is 1. The summed E-state index contributed by atoms with van der Waals surface area (Å²) in [5, 5.41) is 9.16. The van der Waals surface area contributed by atoms with Gasteiger partial charge in [-0.2, -0.15) is 0 Å². The van der Waals surface area contributed by atoms with Crippen LogP contribution in [0, 0.1) is 0 Å². The molecule has 0 amide bonds. The zero-order valence-electron chi connectivity index (χ0n) is 11.1. The first-order chi connectivity index (χ1) is 5.63. The van der Waals surface area contributed by atoms with Gasteiger partial charge in [0, 0.05) is 0 Å². The van der Waals surface area contributed by atoms with E-state index in [4.69, 9.17) is 44.6 Å². The summed E-state index contributed by atoms with van der Waals surface area (Å²) in [6.07, 6.45) is -1.37. The van der Waals surface area contributed by atoms with Gasteiger partial charge in [0.05, 0.1) is 27.7 Å². The molecule has 0 bridgehead atoms. The van der Waals surface area contributed by atoms with E-state index in [1.165, 1.54) is 0 Å². The molecule has 0 rings (SSSR count). The van der Waals surface area contributed by atoms with Crippen molar-refractivity contribution in [3.63, 3.8) is 0 Å². The average Bonchev–Trinajstić information content (AvgIpc) is 1.82. The van der Waals surface area contributed by atoms with E-state index < -0.39 is 10.1 Å². The second kappa shape index (κ2) is 9.24. The molecule has 15 heavy (non-hydrogen) atoms. The number of rotatable bonds is 4. The molecule has 0 saturated heterocycles. The van der Waals surface area contributed by atoms with E-state index in [0.29, 0.717) is 6.61 Å². The van der Waals surface area contributed by atoms with Crippen LogP contribution in [0.2, 0.25) is 0 Å². The summed E-state index contributed by atoms with van der Waals surface area (Å²) in [7, 11) is 6.02. The number of halogens is 3. The SMILES string of the molecule is C[N+](C)(C)CCOC(O)C(Cl)(Cl)Cl.O.[Ba+2].[H-].[H-]. The van der Waals surface area contributed by atoms with E-state index in [-0.39, 0.29) is 57.2 Å². The van der Waals surface area contributed by atoms with Crippen molar-refractivity contribution >= 4 is 83.7 Å². The third-order valence-electron chi connectivity index (χ3n) is 1.32. The van der Waals surface area contributed by atoms with Crippen molar-refractivity contribution < 1.29 is 22.7 Å². The maximum atomic E-state index is 9.16. The van der Waals surface area contributed by atoms with Crippen LogP contribution in [0.25, 0.3) is 0 Å². The van der Waals surface area contributed by atoms with Gasteiger partial charge in [-0.25, -0.2) is 0 Å². The van der Waals surface area contributed by atoms with Gasteiger partial charge in [0.15, 0.2) is 0 Å². The van der Waals surface area contributed by atoms with Gasteiger partial charge < -0.3 is 22.7 Å². The third kappa shape index (κ3) is 14.2. The molecule has 0 spiro atoms. The molecule has 92 valence electrons. The molecule has 0 fully saturated rings. The summed E-state index contributed by atoms with van der Waals surface area (Å²) in [6.45, 7) is 1.08. The summed E-state index contributed by atoms with van der Waals surface area (Å²) in [5.74, 6) is 0. The van der Waals surface area contributed by atoms with Crippen LogP contribution >= 0.6 is 34.8 Å². The molecule has 0 aliphatic rings. The van der Waals surface area contributed by atoms with Gasteiger partial charge >= 0.3 is 48.9 Å². The Bertz CT molecular complexity index is 169. The van der Waals surface area contributed by atoms with Crippen LogP contribution in [0.5, 0.6) is 0 Å². The minimum Gasteiger partial charge on any atom is -1.00 e. The number of nitrogens with zero attached hydrogens (tertiary/aromatic N) is 1. The van der Waals surface area contributed by atoms with Gasteiger partial charge in [0.2, 0.25) is 10.1 Å². The first-order valence-electron chi connectivity index (χ1n) is 3.80. The first kappa shape index (κ1) is 22.5. The minimum atomic E-state index is -1.77. The van der Waals surface area contributed by atoms with Gasteiger partial charge in [-0.05, 0) is 0 Å². The summed E-state index contributed by atoms with van der Waals surface area (Å²) in [6, 6.07) is 0. The second-order valence-electron chi connectivity index (χ2n) is 3.78. The topological polar surface area (TPSA) is 61.0 Å². The molecule has 0 aromatic carbocycles. The van der Waals surface area contributed by atoms with Crippen LogP contribution in [0.15, 0.2) is 0 Å². The maximum absolute atomic E-state index is 9.16. The fourth-order valence-electron chi connectivity index (χ4n) is 0.533. The predicted molar refractivity (Wildman–Crippen MR) is 66.7 cm³/mol. The van der Waals surface area contributed by atoms with Crippen LogP contribution in [0.1, 0.15) is 2.85 Å². The Morgan fingerprint density at radius 3 is 2.00 bits per heavy atom. The molecule has 0 radical (unpaired) electrons. The number of aliphatic hydroxyl groups excluding tert-OH is 1. The average molecular weight is 409 g/mol. The van der Waals surface area contributed by atoms with Crippen molar-refractivity contribution in [3.05, 3.63) is 0 Å². The standard InChI is InChI=1S/C7H15Cl3NO2.Ba.H2O.2H/c1-11(2,3)4-5-13-6(12)7(8,9)10;;;;/h6,12H,4-5H2,1-3H3;;1H2;;/q+1;+2;;2*-1. The van der Waals surface area contributed by atoms with Crippen molar-refractivity contribution in [2.45, 2.75) is 10.1 Å². The van der Waals surface area contributed by atoms with Gasteiger partial charge in [-0.15, -0.1) is 0 Å². The van der Waals surface area contributed by atoms with Crippen LogP contribution in [0.3, 0.4) is 0 Å². The first-order valence-corrected chi connectivity index (χ1v) is 4.93. The number of likely N-dealkylation sites (N-methyl/N-ethyl adjacent to an activating group) is 1. The molecule has 8 heteroatoms. The van der Waals surface area contributed by atoms with Crippen LogP contribution in [0.4, 0.5) is 0 Å². The van der Waals surface area contributed by atoms with Crippen LogP contribution < -0.4 is 0 Å². The van der Waals surface area contributed by atoms with E-state index >= 15 is 0 Å². The van der Waals surface area contributed by atoms with Crippen molar-refractivity contribution in [1.82, 2.24) is 0 Å². The minimum absolute atomic E-state index is 0. The third-order valence-corrected chi connectivity index (χ3v) is 1.88. The van der Waals surface area contributed by atoms with E-state index in [2.05, 4.69) is 0 Å². The largest absolute Gasteiger partial charge is 2.00 e. The monoisotopic (exact) mass is 408 g/mol. The molecule has 0 heterocycles. The molecule has 0 aliphatic heterocycles. The van der Waals surface area contributed by atoms with Crippen molar-refractivity contribution in [3.8, 4) is 0 Å². The van der Waals surface area contributed by atoms with E-state index in [1.54, 1.807) is 0 Å². The smallest absolute Gasteiger partial charge is 1.00 e. The fraction of sp³-hybridized carbons (Fsp3) is 1.00. The second-order valence-corrected chi connectivity index (χ2v) is 6.15. The molecule has 1 atom stereocenters. The number of hydrogen-bond acceptors (Lipinski definition) is 2. The van der Waals surface area contributed by atoms with Crippen LogP contribution in [-0.2, 0) is 4.74 Å². The van der Waals surface area contributed by atoms with Gasteiger partial charge in [0.25, 0.3) is 0 Å². The number of quaternary nitrogens is 1. The molecular weight excluding hydrogens is 390 g/mol. The van der Waals surface area contributed by atoms with E-state index in [0.717, 1.165) is 11.0 Å². The molecule has 0 aliphatic carbocycles. The maximum Gasteiger partial charge on any atom is 2.00 e.